The fraction of sp³-hybridized carbons (Fsp3) is 0.779. The van der Waals surface area contributed by atoms with Gasteiger partial charge in [-0.25, -0.2) is 0 Å². The van der Waals surface area contributed by atoms with Gasteiger partial charge in [0, 0.05) is 93.3 Å². The third kappa shape index (κ3) is 36.0. The van der Waals surface area contributed by atoms with Crippen molar-refractivity contribution in [2.24, 2.45) is 25.9 Å². The van der Waals surface area contributed by atoms with Crippen molar-refractivity contribution < 1.29 is 0 Å². The monoisotopic (exact) mass is 1100 g/mol. The Hall–Kier alpha value is -2.24. The van der Waals surface area contributed by atoms with Crippen molar-refractivity contribution in [3.05, 3.63) is 83.4 Å². The first kappa shape index (κ1) is 76.8. The van der Waals surface area contributed by atoms with Crippen LogP contribution in [0.3, 0.4) is 0 Å². The van der Waals surface area contributed by atoms with Gasteiger partial charge in [-0.3, -0.25) is 9.80 Å². The highest BCUT2D eigenvalue weighted by Crippen LogP contribution is 2.24. The molecule has 5 saturated heterocycles. The first-order valence-electron chi connectivity index (χ1n) is 31.1. The smallest absolute Gasteiger partial charge is 0.0390 e. The van der Waals surface area contributed by atoms with Crippen LogP contribution in [0.25, 0.3) is 0 Å². The van der Waals surface area contributed by atoms with E-state index in [1.54, 1.807) is 0 Å². The lowest BCUT2D eigenvalue weighted by molar-refractivity contribution is 0.200. The molecule has 10 rings (SSSR count). The number of benzene rings is 1. The summed E-state index contributed by atoms with van der Waals surface area (Å²) in [6, 6.07) is 19.0. The van der Waals surface area contributed by atoms with Gasteiger partial charge in [0.1, 0.15) is 0 Å². The van der Waals surface area contributed by atoms with E-state index in [0.717, 1.165) is 49.0 Å². The summed E-state index contributed by atoms with van der Waals surface area (Å²) in [5.74, 6) is 8.52. The van der Waals surface area contributed by atoms with Crippen molar-refractivity contribution in [1.29, 1.82) is 0 Å². The van der Waals surface area contributed by atoms with Crippen LogP contribution in [0.1, 0.15) is 203 Å². The minimum atomic E-state index is 0. The average Bonchev–Trinajstić information content (AvgIpc) is 4.27. The second kappa shape index (κ2) is 46.4. The Labute approximate surface area is 485 Å². The molecule has 8 heterocycles. The summed E-state index contributed by atoms with van der Waals surface area (Å²) < 4.78 is 4.18. The van der Waals surface area contributed by atoms with Crippen molar-refractivity contribution in [3.8, 4) is 0 Å². The number of piperidine rings is 3. The molecule has 1 aromatic carbocycles. The SMILES string of the molecule is C.C=S1CC(C)N(C)C1.CC.CC.CC1CCCC1.CC1CCCCN1C.CC1CCCCN1C.CC1CCCN(C)C1.CC1CCCN1C.CC1Cc2ccccc2CN1C.CCc1cccn1C.Cc1ccn(C)c1. The predicted molar refractivity (Wildman–Crippen MR) is 354 cm³/mol. The molecule has 3 aromatic rings. The van der Waals surface area contributed by atoms with Crippen molar-refractivity contribution in [2.75, 3.05) is 86.6 Å². The zero-order chi connectivity index (χ0) is 57.6. The van der Waals surface area contributed by atoms with Gasteiger partial charge in [0.25, 0.3) is 0 Å². The van der Waals surface area contributed by atoms with E-state index in [-0.39, 0.29) is 7.43 Å². The molecule has 452 valence electrons. The summed E-state index contributed by atoms with van der Waals surface area (Å²) in [5, 5.41) is 0. The van der Waals surface area contributed by atoms with Crippen molar-refractivity contribution in [1.82, 2.24) is 38.5 Å². The van der Waals surface area contributed by atoms with E-state index in [1.165, 1.54) is 163 Å². The molecule has 7 unspecified atom stereocenters. The summed E-state index contributed by atoms with van der Waals surface area (Å²) in [6.07, 6.45) is 28.6. The molecule has 6 fully saturated rings. The van der Waals surface area contributed by atoms with Crippen LogP contribution < -0.4 is 0 Å². The van der Waals surface area contributed by atoms with E-state index in [4.69, 9.17) is 0 Å². The van der Waals surface area contributed by atoms with Gasteiger partial charge in [-0.2, -0.15) is 10.5 Å². The van der Waals surface area contributed by atoms with Gasteiger partial charge in [-0.15, -0.1) is 0 Å². The van der Waals surface area contributed by atoms with Gasteiger partial charge in [0.2, 0.25) is 0 Å². The lowest BCUT2D eigenvalue weighted by Gasteiger charge is -2.31. The molecule has 8 nitrogen and oxygen atoms in total. The zero-order valence-corrected chi connectivity index (χ0v) is 55.3. The first-order valence-corrected chi connectivity index (χ1v) is 32.9. The molecule has 2 aromatic heterocycles. The van der Waals surface area contributed by atoms with Crippen LogP contribution in [0.5, 0.6) is 0 Å². The minimum Gasteiger partial charge on any atom is -0.357 e. The topological polar surface area (TPSA) is 29.3 Å². The highest BCUT2D eigenvalue weighted by molar-refractivity contribution is 8.14. The second-order valence-electron chi connectivity index (χ2n) is 23.6. The van der Waals surface area contributed by atoms with Crippen molar-refractivity contribution in [3.63, 3.8) is 0 Å². The van der Waals surface area contributed by atoms with Crippen LogP contribution in [0.4, 0.5) is 0 Å². The average molecular weight is 1100 g/mol. The third-order valence-corrected chi connectivity index (χ3v) is 18.2. The van der Waals surface area contributed by atoms with E-state index in [0.29, 0.717) is 16.5 Å². The van der Waals surface area contributed by atoms with E-state index in [9.17, 15) is 0 Å². The molecule has 1 saturated carbocycles. The molecule has 1 aliphatic carbocycles. The maximum absolute atomic E-state index is 4.02. The molecule has 6 aliphatic heterocycles. The Balaban J connectivity index is 0. The van der Waals surface area contributed by atoms with Gasteiger partial charge < -0.3 is 28.7 Å². The van der Waals surface area contributed by atoms with E-state index >= 15 is 0 Å². The second-order valence-corrected chi connectivity index (χ2v) is 25.4. The molecule has 7 aliphatic rings. The molecular formula is C68H134N8S. The Bertz CT molecular complexity index is 1690. The van der Waals surface area contributed by atoms with Gasteiger partial charge in [0.15, 0.2) is 0 Å². The van der Waals surface area contributed by atoms with Gasteiger partial charge in [-0.05, 0) is 221 Å². The van der Waals surface area contributed by atoms with Crippen molar-refractivity contribution >= 4 is 16.4 Å². The number of hydrogen-bond donors (Lipinski definition) is 0. The number of rotatable bonds is 1. The van der Waals surface area contributed by atoms with Gasteiger partial charge in [0.05, 0.1) is 0 Å². The molecule has 0 spiro atoms. The standard InChI is InChI=1S/C11H15N.3C7H15N.C7H11N.C6H13NS.C6H9N.C6H13N.C6H12.2C2H6.CH4/c1-9-7-10-5-3-4-6-11(10)8-12(9)2;1-7-4-3-5-8(2)6-7;2*1-7-5-3-4-6-8(7)2;1-3-7-5-4-6-8(7)2;1-6-4-8(3)5-7(6)2;1-6-3-4-7(2)5-6;1-6-4-3-5-7(6)2;1-6-4-2-3-5-6;2*1-2;/h3-6,9H,7-8H2,1-2H3;3*7H,3-6H2,1-2H3;4-6H,3H2,1-2H3;6H,3-5H2,1-2H3;3-5H,1-2H3;6H,3-5H2,1-2H3;6H,2-5H2,1H3;2*1-2H3;1H4. The largest absolute Gasteiger partial charge is 0.357 e. The highest BCUT2D eigenvalue weighted by atomic mass is 32.2. The molecule has 0 amide bonds. The summed E-state index contributed by atoms with van der Waals surface area (Å²) in [4.78, 5) is 14.5. The van der Waals surface area contributed by atoms with Crippen LogP contribution >= 0.6 is 10.5 Å². The quantitative estimate of drug-likeness (QED) is 0.226. The number of aryl methyl sites for hydroxylation is 4. The van der Waals surface area contributed by atoms with E-state index in [1.807, 2.05) is 45.5 Å². The van der Waals surface area contributed by atoms with E-state index in [2.05, 4.69) is 206 Å². The summed E-state index contributed by atoms with van der Waals surface area (Å²) in [5.41, 5.74) is 5.74. The Morgan fingerprint density at radius 1 is 0.506 bits per heavy atom. The van der Waals surface area contributed by atoms with Crippen LogP contribution in [0, 0.1) is 18.8 Å². The zero-order valence-electron chi connectivity index (χ0n) is 54.5. The maximum atomic E-state index is 4.02. The van der Waals surface area contributed by atoms with Crippen molar-refractivity contribution in [2.45, 2.75) is 237 Å². The van der Waals surface area contributed by atoms with Gasteiger partial charge >= 0.3 is 0 Å². The molecule has 0 radical (unpaired) electrons. The minimum absolute atomic E-state index is 0. The lowest BCUT2D eigenvalue weighted by atomic mass is 9.96. The number of nitrogens with zero attached hydrogens (tertiary/aromatic N) is 8. The summed E-state index contributed by atoms with van der Waals surface area (Å²) in [6.45, 7) is 36.0. The Morgan fingerprint density at radius 2 is 0.987 bits per heavy atom. The number of aromatic nitrogens is 2. The summed E-state index contributed by atoms with van der Waals surface area (Å²) in [7, 11) is 17.7. The molecule has 0 N–H and O–H groups in total. The first-order chi connectivity index (χ1) is 36.2. The van der Waals surface area contributed by atoms with E-state index < -0.39 is 0 Å². The molecule has 0 bridgehead atoms. The number of hydrogen-bond acceptors (Lipinski definition) is 6. The fourth-order valence-electron chi connectivity index (χ4n) is 10.4. The number of fused-ring (bicyclic) bond motifs is 1. The normalized spacial score (nSPS) is 25.3. The molecule has 9 heteroatoms. The molecular weight excluding hydrogens is 961 g/mol. The van der Waals surface area contributed by atoms with Crippen LogP contribution in [0.2, 0.25) is 0 Å². The fourth-order valence-corrected chi connectivity index (χ4v) is 12.2. The molecule has 7 atom stereocenters. The lowest BCUT2D eigenvalue weighted by Crippen LogP contribution is -2.34. The number of likely N-dealkylation sites (N-methyl/N-ethyl adjacent to an activating group) is 1. The Morgan fingerprint density at radius 3 is 1.26 bits per heavy atom. The maximum Gasteiger partial charge on any atom is 0.0390 e. The highest BCUT2D eigenvalue weighted by Gasteiger charge is 2.19. The third-order valence-electron chi connectivity index (χ3n) is 16.5. The van der Waals surface area contributed by atoms with Crippen LogP contribution in [0.15, 0.2) is 61.1 Å². The summed E-state index contributed by atoms with van der Waals surface area (Å²) >= 11 is 0. The van der Waals surface area contributed by atoms with Crippen LogP contribution in [-0.4, -0.2) is 161 Å². The number of likely N-dealkylation sites (tertiary alicyclic amines) is 4. The predicted octanol–water partition coefficient (Wildman–Crippen LogP) is 16.3. The Kier molecular flexibility index (Phi) is 46.3. The van der Waals surface area contributed by atoms with Gasteiger partial charge in [-0.1, -0.05) is 125 Å². The molecule has 77 heavy (non-hydrogen) atoms. The van der Waals surface area contributed by atoms with Crippen LogP contribution in [-0.2, 0) is 33.5 Å².